The first kappa shape index (κ1) is 19.4. The molecule has 3 rings (SSSR count). The summed E-state index contributed by atoms with van der Waals surface area (Å²) < 4.78 is 6.68. The first-order valence-electron chi connectivity index (χ1n) is 8.34. The molecule has 1 aromatic carbocycles. The monoisotopic (exact) mass is 398 g/mol. The van der Waals surface area contributed by atoms with Gasteiger partial charge in [-0.1, -0.05) is 0 Å². The number of amides is 1. The van der Waals surface area contributed by atoms with Crippen molar-refractivity contribution < 1.29 is 14.3 Å². The van der Waals surface area contributed by atoms with Gasteiger partial charge in [-0.15, -0.1) is 10.2 Å². The Balaban J connectivity index is 1.74. The van der Waals surface area contributed by atoms with Crippen LogP contribution in [0, 0.1) is 0 Å². The fourth-order valence-corrected chi connectivity index (χ4v) is 3.06. The van der Waals surface area contributed by atoms with Crippen LogP contribution in [-0.4, -0.2) is 38.2 Å². The van der Waals surface area contributed by atoms with Crippen LogP contribution < -0.4 is 11.1 Å². The fourth-order valence-electron chi connectivity index (χ4n) is 2.25. The number of hydrogen-bond donors (Lipinski definition) is 2. The Morgan fingerprint density at radius 2 is 2.11 bits per heavy atom. The Kier molecular flexibility index (Phi) is 5.90. The van der Waals surface area contributed by atoms with Crippen LogP contribution in [-0.2, 0) is 11.8 Å². The molecular weight excluding hydrogens is 380 g/mol. The average Bonchev–Trinajstić information content (AvgIpc) is 3.08. The van der Waals surface area contributed by atoms with E-state index < -0.39 is 11.9 Å². The lowest BCUT2D eigenvalue weighted by Crippen LogP contribution is -2.15. The standard InChI is InChI=1S/C18H18N6O3S/c1-3-27-17(26)11-4-7-15(20-9-11)22-16(25)13-8-12(5-6-14(13)19)28-18-23-21-10-24(18)2/h4-10H,3,19H2,1-2H3,(H,20,22,25). The minimum absolute atomic E-state index is 0.277. The molecule has 0 bridgehead atoms. The maximum Gasteiger partial charge on any atom is 0.339 e. The molecule has 0 spiro atoms. The lowest BCUT2D eigenvalue weighted by atomic mass is 10.1. The number of nitrogens with two attached hydrogens (primary N) is 1. The Morgan fingerprint density at radius 3 is 2.75 bits per heavy atom. The summed E-state index contributed by atoms with van der Waals surface area (Å²) in [4.78, 5) is 29.1. The normalized spacial score (nSPS) is 10.5. The summed E-state index contributed by atoms with van der Waals surface area (Å²) in [5.41, 5.74) is 6.91. The zero-order chi connectivity index (χ0) is 20.1. The molecule has 0 aliphatic carbocycles. The van der Waals surface area contributed by atoms with Crippen molar-refractivity contribution in [2.45, 2.75) is 17.0 Å². The maximum absolute atomic E-state index is 12.6. The van der Waals surface area contributed by atoms with Crippen molar-refractivity contribution in [2.75, 3.05) is 17.7 Å². The second-order valence-electron chi connectivity index (χ2n) is 5.68. The fraction of sp³-hybridized carbons (Fsp3) is 0.167. The Morgan fingerprint density at radius 1 is 1.29 bits per heavy atom. The Hall–Kier alpha value is -3.40. The lowest BCUT2D eigenvalue weighted by Gasteiger charge is -2.09. The Bertz CT molecular complexity index is 1000. The van der Waals surface area contributed by atoms with E-state index in [-0.39, 0.29) is 6.61 Å². The van der Waals surface area contributed by atoms with Crippen molar-refractivity contribution in [1.29, 1.82) is 0 Å². The van der Waals surface area contributed by atoms with Crippen LogP contribution in [0.1, 0.15) is 27.6 Å². The third-order valence-electron chi connectivity index (χ3n) is 3.66. The highest BCUT2D eigenvalue weighted by Gasteiger charge is 2.14. The molecule has 9 nitrogen and oxygen atoms in total. The zero-order valence-corrected chi connectivity index (χ0v) is 16.1. The van der Waals surface area contributed by atoms with Crippen LogP contribution in [0.3, 0.4) is 0 Å². The van der Waals surface area contributed by atoms with Crippen LogP contribution in [0.15, 0.2) is 52.9 Å². The number of hydrogen-bond acceptors (Lipinski definition) is 8. The van der Waals surface area contributed by atoms with Crippen LogP contribution >= 0.6 is 11.8 Å². The average molecular weight is 398 g/mol. The van der Waals surface area contributed by atoms with Crippen LogP contribution in [0.5, 0.6) is 0 Å². The molecule has 0 atom stereocenters. The molecule has 0 fully saturated rings. The molecule has 3 N–H and O–H groups in total. The highest BCUT2D eigenvalue weighted by atomic mass is 32.2. The van der Waals surface area contributed by atoms with Crippen molar-refractivity contribution >= 4 is 35.1 Å². The van der Waals surface area contributed by atoms with E-state index in [1.54, 1.807) is 36.0 Å². The van der Waals surface area contributed by atoms with Gasteiger partial charge in [-0.25, -0.2) is 9.78 Å². The van der Waals surface area contributed by atoms with Gasteiger partial charge in [-0.05, 0) is 49.0 Å². The highest BCUT2D eigenvalue weighted by Crippen LogP contribution is 2.28. The summed E-state index contributed by atoms with van der Waals surface area (Å²) in [6.45, 7) is 2.00. The summed E-state index contributed by atoms with van der Waals surface area (Å²) in [7, 11) is 1.83. The van der Waals surface area contributed by atoms with E-state index in [0.717, 1.165) is 4.90 Å². The van der Waals surface area contributed by atoms with E-state index in [0.29, 0.717) is 27.8 Å². The van der Waals surface area contributed by atoms with Crippen LogP contribution in [0.4, 0.5) is 11.5 Å². The van der Waals surface area contributed by atoms with E-state index in [1.165, 1.54) is 30.1 Å². The number of rotatable bonds is 6. The molecule has 144 valence electrons. The maximum atomic E-state index is 12.6. The van der Waals surface area contributed by atoms with E-state index in [1.807, 2.05) is 7.05 Å². The van der Waals surface area contributed by atoms with E-state index >= 15 is 0 Å². The number of ether oxygens (including phenoxy) is 1. The highest BCUT2D eigenvalue weighted by molar-refractivity contribution is 7.99. The SMILES string of the molecule is CCOC(=O)c1ccc(NC(=O)c2cc(Sc3nncn3C)ccc2N)nc1. The van der Waals surface area contributed by atoms with Gasteiger partial charge in [0.15, 0.2) is 5.16 Å². The molecule has 10 heteroatoms. The smallest absolute Gasteiger partial charge is 0.339 e. The summed E-state index contributed by atoms with van der Waals surface area (Å²) in [6, 6.07) is 8.20. The van der Waals surface area contributed by atoms with Crippen molar-refractivity contribution in [3.05, 3.63) is 54.0 Å². The molecule has 1 amide bonds. The molecule has 0 saturated carbocycles. The minimum Gasteiger partial charge on any atom is -0.462 e. The predicted octanol–water partition coefficient (Wildman–Crippen LogP) is 2.37. The van der Waals surface area contributed by atoms with Gasteiger partial charge in [-0.2, -0.15) is 0 Å². The second kappa shape index (κ2) is 8.53. The number of nitrogens with zero attached hydrogens (tertiary/aromatic N) is 4. The molecule has 2 heterocycles. The third kappa shape index (κ3) is 4.46. The van der Waals surface area contributed by atoms with Gasteiger partial charge in [0.2, 0.25) is 0 Å². The topological polar surface area (TPSA) is 125 Å². The molecule has 0 aliphatic heterocycles. The molecule has 0 radical (unpaired) electrons. The van der Waals surface area contributed by atoms with E-state index in [2.05, 4.69) is 20.5 Å². The van der Waals surface area contributed by atoms with Crippen molar-refractivity contribution in [2.24, 2.45) is 7.05 Å². The summed E-state index contributed by atoms with van der Waals surface area (Å²) in [6.07, 6.45) is 2.94. The molecular formula is C18H18N6O3S. The van der Waals surface area contributed by atoms with Crippen LogP contribution in [0.2, 0.25) is 0 Å². The van der Waals surface area contributed by atoms with Gasteiger partial charge in [-0.3, -0.25) is 4.79 Å². The zero-order valence-electron chi connectivity index (χ0n) is 15.2. The second-order valence-corrected chi connectivity index (χ2v) is 6.72. The molecule has 2 aromatic heterocycles. The van der Waals surface area contributed by atoms with Gasteiger partial charge in [0.1, 0.15) is 12.1 Å². The van der Waals surface area contributed by atoms with Crippen molar-refractivity contribution in [3.8, 4) is 0 Å². The number of benzene rings is 1. The lowest BCUT2D eigenvalue weighted by molar-refractivity contribution is 0.0526. The summed E-state index contributed by atoms with van der Waals surface area (Å²) in [5, 5.41) is 11.2. The summed E-state index contributed by atoms with van der Waals surface area (Å²) in [5.74, 6) is -0.580. The number of carbonyl (C=O) groups is 2. The van der Waals surface area contributed by atoms with Gasteiger partial charge in [0, 0.05) is 23.8 Å². The first-order chi connectivity index (χ1) is 13.5. The number of aryl methyl sites for hydroxylation is 1. The minimum atomic E-state index is -0.467. The van der Waals surface area contributed by atoms with Crippen molar-refractivity contribution in [3.63, 3.8) is 0 Å². The Labute approximate surface area is 165 Å². The van der Waals surface area contributed by atoms with Gasteiger partial charge in [0.25, 0.3) is 5.91 Å². The molecule has 3 aromatic rings. The number of pyridine rings is 1. The molecule has 0 unspecified atom stereocenters. The number of aromatic nitrogens is 4. The van der Waals surface area contributed by atoms with Crippen molar-refractivity contribution in [1.82, 2.24) is 19.7 Å². The van der Waals surface area contributed by atoms with Gasteiger partial charge in [0.05, 0.1) is 17.7 Å². The molecule has 0 aliphatic rings. The molecule has 28 heavy (non-hydrogen) atoms. The van der Waals surface area contributed by atoms with Gasteiger partial charge >= 0.3 is 5.97 Å². The number of nitrogens with one attached hydrogen (secondary N) is 1. The number of carbonyl (C=O) groups excluding carboxylic acids is 2. The predicted molar refractivity (Wildman–Crippen MR) is 104 cm³/mol. The largest absolute Gasteiger partial charge is 0.462 e. The first-order valence-corrected chi connectivity index (χ1v) is 9.15. The third-order valence-corrected chi connectivity index (χ3v) is 4.71. The number of nitrogen functional groups attached to an aromatic ring is 1. The quantitative estimate of drug-likeness (QED) is 0.479. The van der Waals surface area contributed by atoms with Gasteiger partial charge < -0.3 is 20.4 Å². The summed E-state index contributed by atoms with van der Waals surface area (Å²) >= 11 is 1.36. The molecule has 0 saturated heterocycles. The van der Waals surface area contributed by atoms with E-state index in [9.17, 15) is 9.59 Å². The van der Waals surface area contributed by atoms with Crippen LogP contribution in [0.25, 0.3) is 0 Å². The number of anilines is 2. The van der Waals surface area contributed by atoms with E-state index in [4.69, 9.17) is 10.5 Å². The number of esters is 1.